The van der Waals surface area contributed by atoms with Crippen LogP contribution in [-0.2, 0) is 0 Å². The van der Waals surface area contributed by atoms with Crippen LogP contribution in [0, 0.1) is 11.8 Å². The van der Waals surface area contributed by atoms with Crippen molar-refractivity contribution in [3.05, 3.63) is 23.8 Å². The van der Waals surface area contributed by atoms with E-state index in [-0.39, 0.29) is 18.1 Å². The molecule has 2 aliphatic carbocycles. The molecular formula is C20H28N2O3. The zero-order valence-electron chi connectivity index (χ0n) is 14.9. The number of fused-ring (bicyclic) bond motifs is 1. The molecule has 0 bridgehead atoms. The quantitative estimate of drug-likeness (QED) is 0.912. The summed E-state index contributed by atoms with van der Waals surface area (Å²) in [6.45, 7) is 1.62. The van der Waals surface area contributed by atoms with E-state index in [1.54, 1.807) is 7.11 Å². The number of carbonyl (C=O) groups excluding carboxylic acids is 1. The van der Waals surface area contributed by atoms with Gasteiger partial charge in [0.25, 0.3) is 5.91 Å². The van der Waals surface area contributed by atoms with Crippen molar-refractivity contribution in [2.75, 3.05) is 20.2 Å². The average molecular weight is 344 g/mol. The second-order valence-electron chi connectivity index (χ2n) is 7.77. The smallest absolute Gasteiger partial charge is 0.254 e. The molecule has 3 atom stereocenters. The second kappa shape index (κ2) is 6.87. The fourth-order valence-electron chi connectivity index (χ4n) is 4.74. The standard InChI is InChI=1S/C20H28N2O3/c1-24-19-10-13(7-9-18(19)25-15-4-2-3-5-15)20(23)22-11-14-6-8-17(21)16(14)12-22/h7,9-10,14-17H,2-6,8,11-12,21H2,1H3. The van der Waals surface area contributed by atoms with Gasteiger partial charge in [0.2, 0.25) is 0 Å². The number of rotatable bonds is 4. The predicted molar refractivity (Wildman–Crippen MR) is 96.0 cm³/mol. The summed E-state index contributed by atoms with van der Waals surface area (Å²) >= 11 is 0. The van der Waals surface area contributed by atoms with Crippen LogP contribution in [0.4, 0.5) is 0 Å². The van der Waals surface area contributed by atoms with Gasteiger partial charge in [0, 0.05) is 24.7 Å². The van der Waals surface area contributed by atoms with Gasteiger partial charge >= 0.3 is 0 Å². The first-order valence-corrected chi connectivity index (χ1v) is 9.55. The minimum absolute atomic E-state index is 0.0762. The Balaban J connectivity index is 1.47. The van der Waals surface area contributed by atoms with Crippen molar-refractivity contribution >= 4 is 5.91 Å². The van der Waals surface area contributed by atoms with Gasteiger partial charge in [-0.05, 0) is 68.6 Å². The summed E-state index contributed by atoms with van der Waals surface area (Å²) in [5.41, 5.74) is 6.86. The highest BCUT2D eigenvalue weighted by atomic mass is 16.5. The van der Waals surface area contributed by atoms with Crippen LogP contribution in [0.1, 0.15) is 48.9 Å². The molecular weight excluding hydrogens is 316 g/mol. The second-order valence-corrected chi connectivity index (χ2v) is 7.77. The number of methoxy groups -OCH3 is 1. The Morgan fingerprint density at radius 3 is 2.64 bits per heavy atom. The van der Waals surface area contributed by atoms with Crippen LogP contribution in [0.15, 0.2) is 18.2 Å². The molecule has 0 spiro atoms. The molecule has 3 aliphatic rings. The molecule has 0 aromatic heterocycles. The van der Waals surface area contributed by atoms with E-state index in [1.807, 2.05) is 23.1 Å². The molecule has 5 heteroatoms. The van der Waals surface area contributed by atoms with Gasteiger partial charge in [-0.2, -0.15) is 0 Å². The lowest BCUT2D eigenvalue weighted by Gasteiger charge is -2.20. The van der Waals surface area contributed by atoms with Gasteiger partial charge in [0.1, 0.15) is 0 Å². The highest BCUT2D eigenvalue weighted by Crippen LogP contribution is 2.38. The van der Waals surface area contributed by atoms with Gasteiger partial charge in [0.15, 0.2) is 11.5 Å². The summed E-state index contributed by atoms with van der Waals surface area (Å²) in [4.78, 5) is 14.9. The Labute approximate surface area is 149 Å². The monoisotopic (exact) mass is 344 g/mol. The van der Waals surface area contributed by atoms with E-state index in [2.05, 4.69) is 0 Å². The molecule has 2 N–H and O–H groups in total. The van der Waals surface area contributed by atoms with Crippen molar-refractivity contribution in [2.24, 2.45) is 17.6 Å². The Kier molecular flexibility index (Phi) is 4.59. The van der Waals surface area contributed by atoms with Gasteiger partial charge in [-0.1, -0.05) is 0 Å². The maximum Gasteiger partial charge on any atom is 0.254 e. The summed E-state index contributed by atoms with van der Waals surface area (Å²) in [6.07, 6.45) is 7.16. The molecule has 1 heterocycles. The highest BCUT2D eigenvalue weighted by molar-refractivity contribution is 5.95. The maximum atomic E-state index is 12.9. The third-order valence-electron chi connectivity index (χ3n) is 6.21. The van der Waals surface area contributed by atoms with Crippen molar-refractivity contribution in [3.8, 4) is 11.5 Å². The Morgan fingerprint density at radius 2 is 1.92 bits per heavy atom. The molecule has 1 saturated heterocycles. The number of hydrogen-bond donors (Lipinski definition) is 1. The Morgan fingerprint density at radius 1 is 1.12 bits per heavy atom. The summed E-state index contributed by atoms with van der Waals surface area (Å²) in [5, 5.41) is 0. The van der Waals surface area contributed by atoms with Crippen LogP contribution >= 0.6 is 0 Å². The first kappa shape index (κ1) is 16.7. The third-order valence-corrected chi connectivity index (χ3v) is 6.21. The van der Waals surface area contributed by atoms with Gasteiger partial charge < -0.3 is 20.1 Å². The van der Waals surface area contributed by atoms with Crippen molar-refractivity contribution in [2.45, 2.75) is 50.7 Å². The maximum absolute atomic E-state index is 12.9. The zero-order valence-corrected chi connectivity index (χ0v) is 14.9. The first-order valence-electron chi connectivity index (χ1n) is 9.55. The number of ether oxygens (including phenoxy) is 2. The van der Waals surface area contributed by atoms with E-state index < -0.39 is 0 Å². The van der Waals surface area contributed by atoms with E-state index in [0.29, 0.717) is 23.1 Å². The van der Waals surface area contributed by atoms with E-state index in [1.165, 1.54) is 12.8 Å². The lowest BCUT2D eigenvalue weighted by molar-refractivity contribution is 0.0779. The van der Waals surface area contributed by atoms with Gasteiger partial charge in [-0.25, -0.2) is 0 Å². The molecule has 1 aromatic rings. The van der Waals surface area contributed by atoms with Crippen LogP contribution in [0.5, 0.6) is 11.5 Å². The van der Waals surface area contributed by atoms with E-state index in [9.17, 15) is 4.79 Å². The largest absolute Gasteiger partial charge is 0.493 e. The number of amides is 1. The number of nitrogens with two attached hydrogens (primary N) is 1. The Bertz CT molecular complexity index is 642. The molecule has 3 fully saturated rings. The highest BCUT2D eigenvalue weighted by Gasteiger charge is 2.42. The van der Waals surface area contributed by atoms with E-state index in [0.717, 1.165) is 44.5 Å². The van der Waals surface area contributed by atoms with Crippen molar-refractivity contribution in [3.63, 3.8) is 0 Å². The fourth-order valence-corrected chi connectivity index (χ4v) is 4.74. The molecule has 25 heavy (non-hydrogen) atoms. The average Bonchev–Trinajstić information content (AvgIpc) is 3.34. The molecule has 4 rings (SSSR count). The predicted octanol–water partition coefficient (Wildman–Crippen LogP) is 2.83. The summed E-state index contributed by atoms with van der Waals surface area (Å²) in [5.74, 6) is 2.51. The first-order chi connectivity index (χ1) is 12.2. The molecule has 1 aromatic carbocycles. The van der Waals surface area contributed by atoms with Gasteiger partial charge in [-0.3, -0.25) is 4.79 Å². The molecule has 0 radical (unpaired) electrons. The topological polar surface area (TPSA) is 64.8 Å². The van der Waals surface area contributed by atoms with Crippen LogP contribution in [0.3, 0.4) is 0 Å². The fraction of sp³-hybridized carbons (Fsp3) is 0.650. The number of hydrogen-bond acceptors (Lipinski definition) is 4. The molecule has 1 aliphatic heterocycles. The van der Waals surface area contributed by atoms with Crippen molar-refractivity contribution in [1.29, 1.82) is 0 Å². The minimum Gasteiger partial charge on any atom is -0.493 e. The third kappa shape index (κ3) is 3.22. The van der Waals surface area contributed by atoms with Crippen LogP contribution < -0.4 is 15.2 Å². The number of likely N-dealkylation sites (tertiary alicyclic amines) is 1. The van der Waals surface area contributed by atoms with E-state index >= 15 is 0 Å². The lowest BCUT2D eigenvalue weighted by Crippen LogP contribution is -2.33. The number of nitrogens with zero attached hydrogens (tertiary/aromatic N) is 1. The number of benzene rings is 1. The van der Waals surface area contributed by atoms with Gasteiger partial charge in [-0.15, -0.1) is 0 Å². The number of carbonyl (C=O) groups is 1. The van der Waals surface area contributed by atoms with E-state index in [4.69, 9.17) is 15.2 Å². The summed E-state index contributed by atoms with van der Waals surface area (Å²) < 4.78 is 11.6. The Hall–Kier alpha value is -1.75. The summed E-state index contributed by atoms with van der Waals surface area (Å²) in [7, 11) is 1.63. The molecule has 1 amide bonds. The normalized spacial score (nSPS) is 29.0. The van der Waals surface area contributed by atoms with Gasteiger partial charge in [0.05, 0.1) is 13.2 Å². The van der Waals surface area contributed by atoms with Crippen molar-refractivity contribution in [1.82, 2.24) is 4.90 Å². The molecule has 2 saturated carbocycles. The van der Waals surface area contributed by atoms with Crippen LogP contribution in [-0.4, -0.2) is 43.2 Å². The molecule has 3 unspecified atom stereocenters. The summed E-state index contributed by atoms with van der Waals surface area (Å²) in [6, 6.07) is 5.82. The van der Waals surface area contributed by atoms with Crippen molar-refractivity contribution < 1.29 is 14.3 Å². The van der Waals surface area contributed by atoms with Crippen LogP contribution in [0.2, 0.25) is 0 Å². The molecule has 136 valence electrons. The SMILES string of the molecule is COc1cc(C(=O)N2CC3CCC(N)C3C2)ccc1OC1CCCC1. The van der Waals surface area contributed by atoms with Crippen LogP contribution in [0.25, 0.3) is 0 Å². The lowest BCUT2D eigenvalue weighted by atomic mass is 9.98. The zero-order chi connectivity index (χ0) is 17.4. The minimum atomic E-state index is 0.0762. The molecule has 5 nitrogen and oxygen atoms in total.